The highest BCUT2D eigenvalue weighted by molar-refractivity contribution is 7.80. The van der Waals surface area contributed by atoms with E-state index in [-0.39, 0.29) is 18.1 Å². The minimum Gasteiger partial charge on any atom is -0.487 e. The fourth-order valence-electron chi connectivity index (χ4n) is 2.47. The maximum Gasteiger partial charge on any atom is 0.167 e. The molecule has 3 heteroatoms. The first kappa shape index (κ1) is 16.4. The summed E-state index contributed by atoms with van der Waals surface area (Å²) in [6, 6.07) is 20.2. The fourth-order valence-corrected chi connectivity index (χ4v) is 2.75. The van der Waals surface area contributed by atoms with Gasteiger partial charge < -0.3 is 4.74 Å². The van der Waals surface area contributed by atoms with Crippen molar-refractivity contribution in [3.8, 4) is 0 Å². The third-order valence-electron chi connectivity index (χ3n) is 3.48. The second kappa shape index (κ2) is 8.44. The zero-order valence-electron chi connectivity index (χ0n) is 12.7. The molecule has 0 aliphatic carbocycles. The van der Waals surface area contributed by atoms with Gasteiger partial charge in [-0.2, -0.15) is 0 Å². The molecule has 0 saturated heterocycles. The monoisotopic (exact) mass is 312 g/mol. The number of ketones is 1. The van der Waals surface area contributed by atoms with Crippen molar-refractivity contribution >= 4 is 23.1 Å². The summed E-state index contributed by atoms with van der Waals surface area (Å²) in [6.07, 6.45) is 0.639. The highest BCUT2D eigenvalue weighted by atomic mass is 32.1. The number of benzene rings is 2. The van der Waals surface area contributed by atoms with E-state index in [9.17, 15) is 4.79 Å². The summed E-state index contributed by atoms with van der Waals surface area (Å²) in [4.78, 5) is 12.3. The summed E-state index contributed by atoms with van der Waals surface area (Å²) in [5.74, 6) is 0.162. The van der Waals surface area contributed by atoms with E-state index in [0.29, 0.717) is 18.1 Å². The van der Waals surface area contributed by atoms with Gasteiger partial charge in [0.05, 0.1) is 13.0 Å². The molecule has 0 aliphatic heterocycles. The standard InChI is InChI=1S/C19H20O2S/c1-2-21-19(22)14-17(20)13-18(15-9-5-3-6-10-15)16-11-7-4-8-12-16/h3-12,18H,2,13-14H2,1H3. The Hall–Kier alpha value is -2.00. The van der Waals surface area contributed by atoms with Crippen LogP contribution in [-0.2, 0) is 9.53 Å². The molecule has 0 fully saturated rings. The number of rotatable bonds is 7. The van der Waals surface area contributed by atoms with Crippen LogP contribution in [0, 0.1) is 0 Å². The molecule has 0 N–H and O–H groups in total. The lowest BCUT2D eigenvalue weighted by Gasteiger charge is -2.17. The van der Waals surface area contributed by atoms with Gasteiger partial charge in [-0.1, -0.05) is 60.7 Å². The smallest absolute Gasteiger partial charge is 0.167 e. The molecule has 0 spiro atoms. The quantitative estimate of drug-likeness (QED) is 0.703. The van der Waals surface area contributed by atoms with E-state index in [1.165, 1.54) is 0 Å². The van der Waals surface area contributed by atoms with Gasteiger partial charge in [-0.25, -0.2) is 0 Å². The third kappa shape index (κ3) is 4.78. The average Bonchev–Trinajstić information content (AvgIpc) is 2.54. The van der Waals surface area contributed by atoms with Gasteiger partial charge in [0.1, 0.15) is 5.78 Å². The number of carbonyl (C=O) groups is 1. The van der Waals surface area contributed by atoms with E-state index in [1.54, 1.807) is 0 Å². The number of Topliss-reactive ketones (excluding diaryl/α,β-unsaturated/α-hetero) is 1. The van der Waals surface area contributed by atoms with Gasteiger partial charge in [-0.15, -0.1) is 0 Å². The summed E-state index contributed by atoms with van der Waals surface area (Å²) in [7, 11) is 0. The van der Waals surface area contributed by atoms with Crippen molar-refractivity contribution in [2.45, 2.75) is 25.7 Å². The lowest BCUT2D eigenvalue weighted by Crippen LogP contribution is -2.13. The molecule has 0 aromatic heterocycles. The first-order valence-electron chi connectivity index (χ1n) is 7.48. The van der Waals surface area contributed by atoms with Crippen LogP contribution in [0.5, 0.6) is 0 Å². The molecule has 114 valence electrons. The summed E-state index contributed by atoms with van der Waals surface area (Å²) in [5, 5.41) is 0.382. The number of hydrogen-bond donors (Lipinski definition) is 0. The SMILES string of the molecule is CCOC(=S)CC(=O)CC(c1ccccc1)c1ccccc1. The van der Waals surface area contributed by atoms with Gasteiger partial charge in [-0.3, -0.25) is 4.79 Å². The van der Waals surface area contributed by atoms with Crippen molar-refractivity contribution in [1.82, 2.24) is 0 Å². The molecule has 0 aliphatic rings. The molecule has 2 aromatic carbocycles. The molecule has 0 saturated carbocycles. The van der Waals surface area contributed by atoms with Crippen molar-refractivity contribution in [1.29, 1.82) is 0 Å². The van der Waals surface area contributed by atoms with Crippen molar-refractivity contribution in [2.75, 3.05) is 6.61 Å². The number of carbonyl (C=O) groups excluding carboxylic acids is 1. The lowest BCUT2D eigenvalue weighted by atomic mass is 9.86. The first-order chi connectivity index (χ1) is 10.7. The molecule has 22 heavy (non-hydrogen) atoms. The fraction of sp³-hybridized carbons (Fsp3) is 0.263. The molecule has 2 aromatic rings. The summed E-state index contributed by atoms with van der Waals surface area (Å²) >= 11 is 5.07. The molecule has 0 atom stereocenters. The molecular weight excluding hydrogens is 292 g/mol. The van der Waals surface area contributed by atoms with Crippen LogP contribution in [0.25, 0.3) is 0 Å². The molecule has 2 rings (SSSR count). The van der Waals surface area contributed by atoms with Crippen LogP contribution in [0.2, 0.25) is 0 Å². The average molecular weight is 312 g/mol. The van der Waals surface area contributed by atoms with Crippen molar-refractivity contribution < 1.29 is 9.53 Å². The Bertz CT molecular complexity index is 568. The largest absolute Gasteiger partial charge is 0.487 e. The summed E-state index contributed by atoms with van der Waals surface area (Å²) in [6.45, 7) is 2.38. The Balaban J connectivity index is 2.16. The Morgan fingerprint density at radius 3 is 1.95 bits per heavy atom. The summed E-state index contributed by atoms with van der Waals surface area (Å²) < 4.78 is 5.22. The van der Waals surface area contributed by atoms with Crippen LogP contribution in [0.4, 0.5) is 0 Å². The molecule has 0 unspecified atom stereocenters. The van der Waals surface area contributed by atoms with Crippen LogP contribution in [0.1, 0.15) is 36.8 Å². The van der Waals surface area contributed by atoms with E-state index >= 15 is 0 Å². The van der Waals surface area contributed by atoms with Gasteiger partial charge >= 0.3 is 0 Å². The molecule has 2 nitrogen and oxygen atoms in total. The van der Waals surface area contributed by atoms with Gasteiger partial charge in [-0.05, 0) is 30.3 Å². The minimum atomic E-state index is 0.0549. The maximum atomic E-state index is 12.3. The highest BCUT2D eigenvalue weighted by Crippen LogP contribution is 2.28. The predicted molar refractivity (Wildman–Crippen MR) is 93.2 cm³/mol. The van der Waals surface area contributed by atoms with Gasteiger partial charge in [0.25, 0.3) is 0 Å². The third-order valence-corrected chi connectivity index (χ3v) is 3.74. The van der Waals surface area contributed by atoms with E-state index in [4.69, 9.17) is 17.0 Å². The van der Waals surface area contributed by atoms with E-state index in [1.807, 2.05) is 43.3 Å². The van der Waals surface area contributed by atoms with Crippen molar-refractivity contribution in [2.24, 2.45) is 0 Å². The second-order valence-electron chi connectivity index (χ2n) is 5.10. The van der Waals surface area contributed by atoms with Crippen LogP contribution < -0.4 is 0 Å². The Morgan fingerprint density at radius 2 is 1.50 bits per heavy atom. The summed E-state index contributed by atoms with van der Waals surface area (Å²) in [5.41, 5.74) is 2.29. The topological polar surface area (TPSA) is 26.3 Å². The van der Waals surface area contributed by atoms with Crippen LogP contribution in [-0.4, -0.2) is 17.4 Å². The normalized spacial score (nSPS) is 10.5. The van der Waals surface area contributed by atoms with Crippen molar-refractivity contribution in [3.63, 3.8) is 0 Å². The Kier molecular flexibility index (Phi) is 6.28. The minimum absolute atomic E-state index is 0.0549. The number of thiocarbonyl (C=S) groups is 1. The van der Waals surface area contributed by atoms with Crippen molar-refractivity contribution in [3.05, 3.63) is 71.8 Å². The molecular formula is C19H20O2S. The number of hydrogen-bond acceptors (Lipinski definition) is 3. The predicted octanol–water partition coefficient (Wildman–Crippen LogP) is 4.53. The molecule has 0 bridgehead atoms. The van der Waals surface area contributed by atoms with E-state index in [2.05, 4.69) is 24.3 Å². The highest BCUT2D eigenvalue weighted by Gasteiger charge is 2.19. The first-order valence-corrected chi connectivity index (χ1v) is 7.88. The van der Waals surface area contributed by atoms with Crippen LogP contribution in [0.3, 0.4) is 0 Å². The molecule has 0 radical (unpaired) electrons. The van der Waals surface area contributed by atoms with E-state index < -0.39 is 0 Å². The van der Waals surface area contributed by atoms with Crippen LogP contribution >= 0.6 is 12.2 Å². The number of ether oxygens (including phenoxy) is 1. The Morgan fingerprint density at radius 1 is 1.00 bits per heavy atom. The molecule has 0 heterocycles. The molecule has 0 amide bonds. The van der Waals surface area contributed by atoms with Gasteiger partial charge in [0.2, 0.25) is 0 Å². The lowest BCUT2D eigenvalue weighted by molar-refractivity contribution is -0.118. The van der Waals surface area contributed by atoms with Crippen LogP contribution in [0.15, 0.2) is 60.7 Å². The maximum absolute atomic E-state index is 12.3. The van der Waals surface area contributed by atoms with Gasteiger partial charge in [0, 0.05) is 12.3 Å². The van der Waals surface area contributed by atoms with Gasteiger partial charge in [0.15, 0.2) is 5.05 Å². The zero-order valence-corrected chi connectivity index (χ0v) is 13.5. The zero-order chi connectivity index (χ0) is 15.8. The second-order valence-corrected chi connectivity index (χ2v) is 5.55. The van der Waals surface area contributed by atoms with E-state index in [0.717, 1.165) is 11.1 Å². The Labute approximate surface area is 137 Å².